The molecule has 0 rings (SSSR count). The third kappa shape index (κ3) is 5.37. The maximum absolute atomic E-state index is 3.63. The normalized spacial score (nSPS) is 11.9. The first-order valence-corrected chi connectivity index (χ1v) is 3.60. The van der Waals surface area contributed by atoms with Crippen LogP contribution in [0.25, 0.3) is 0 Å². The van der Waals surface area contributed by atoms with Gasteiger partial charge in [-0.05, 0) is 12.6 Å². The van der Waals surface area contributed by atoms with E-state index in [2.05, 4.69) is 18.5 Å². The van der Waals surface area contributed by atoms with Gasteiger partial charge in [-0.15, -0.1) is 0 Å². The van der Waals surface area contributed by atoms with Gasteiger partial charge in [0.1, 0.15) is 0 Å². The van der Waals surface area contributed by atoms with Crippen molar-refractivity contribution in [3.05, 3.63) is 49.1 Å². The molecule has 0 heterocycles. The van der Waals surface area contributed by atoms with E-state index in [1.54, 1.807) is 12.2 Å². The van der Waals surface area contributed by atoms with E-state index in [1.807, 2.05) is 25.3 Å². The Morgan fingerprint density at radius 3 is 2.55 bits per heavy atom. The molecule has 0 spiro atoms. The van der Waals surface area contributed by atoms with Gasteiger partial charge in [0.15, 0.2) is 0 Å². The van der Waals surface area contributed by atoms with Gasteiger partial charge >= 0.3 is 0 Å². The SMILES string of the molecule is C=C/C=C\C(=C/C=C)CNC. The maximum atomic E-state index is 3.63. The average Bonchev–Trinajstić information content (AvgIpc) is 2.01. The second-order valence-corrected chi connectivity index (χ2v) is 2.10. The van der Waals surface area contributed by atoms with E-state index in [1.165, 1.54) is 5.57 Å². The van der Waals surface area contributed by atoms with Crippen LogP contribution in [0, 0.1) is 0 Å². The number of allylic oxidation sites excluding steroid dienone is 4. The molecule has 0 radical (unpaired) electrons. The Morgan fingerprint density at radius 2 is 2.09 bits per heavy atom. The minimum Gasteiger partial charge on any atom is -0.316 e. The second kappa shape index (κ2) is 7.03. The largest absolute Gasteiger partial charge is 0.316 e. The molecule has 0 aromatic heterocycles. The predicted molar refractivity (Wildman–Crippen MR) is 51.5 cm³/mol. The topological polar surface area (TPSA) is 12.0 Å². The van der Waals surface area contributed by atoms with Crippen molar-refractivity contribution in [3.63, 3.8) is 0 Å². The van der Waals surface area contributed by atoms with Crippen LogP contribution in [0.1, 0.15) is 0 Å². The molecule has 60 valence electrons. The number of nitrogens with one attached hydrogen (secondary N) is 1. The fourth-order valence-electron chi connectivity index (χ4n) is 0.721. The summed E-state index contributed by atoms with van der Waals surface area (Å²) in [5, 5.41) is 3.06. The van der Waals surface area contributed by atoms with Crippen molar-refractivity contribution in [2.75, 3.05) is 13.6 Å². The summed E-state index contributed by atoms with van der Waals surface area (Å²) in [6, 6.07) is 0. The Hall–Kier alpha value is -1.08. The summed E-state index contributed by atoms with van der Waals surface area (Å²) in [5.74, 6) is 0. The zero-order valence-electron chi connectivity index (χ0n) is 7.01. The summed E-state index contributed by atoms with van der Waals surface area (Å²) in [6.07, 6.45) is 9.42. The molecule has 1 N–H and O–H groups in total. The first-order chi connectivity index (χ1) is 5.35. The number of likely N-dealkylation sites (N-methyl/N-ethyl adjacent to an activating group) is 1. The fourth-order valence-corrected chi connectivity index (χ4v) is 0.721. The van der Waals surface area contributed by atoms with Crippen LogP contribution in [0.4, 0.5) is 0 Å². The van der Waals surface area contributed by atoms with Crippen molar-refractivity contribution in [2.45, 2.75) is 0 Å². The highest BCUT2D eigenvalue weighted by atomic mass is 14.8. The molecule has 0 aliphatic heterocycles. The Bertz CT molecular complexity index is 175. The molecular formula is C10H15N. The Morgan fingerprint density at radius 1 is 1.36 bits per heavy atom. The molecule has 0 aliphatic carbocycles. The summed E-state index contributed by atoms with van der Waals surface area (Å²) in [5.41, 5.74) is 1.20. The van der Waals surface area contributed by atoms with Gasteiger partial charge in [0.25, 0.3) is 0 Å². The highest BCUT2D eigenvalue weighted by Crippen LogP contribution is 1.95. The Kier molecular flexibility index (Phi) is 6.34. The maximum Gasteiger partial charge on any atom is 0.0202 e. The third-order valence-corrected chi connectivity index (χ3v) is 1.16. The van der Waals surface area contributed by atoms with Crippen LogP contribution in [-0.4, -0.2) is 13.6 Å². The van der Waals surface area contributed by atoms with Crippen LogP contribution >= 0.6 is 0 Å². The van der Waals surface area contributed by atoms with Gasteiger partial charge in [-0.3, -0.25) is 0 Å². The van der Waals surface area contributed by atoms with E-state index in [-0.39, 0.29) is 0 Å². The highest BCUT2D eigenvalue weighted by Gasteiger charge is 1.85. The van der Waals surface area contributed by atoms with E-state index in [9.17, 15) is 0 Å². The minimum atomic E-state index is 0.857. The van der Waals surface area contributed by atoms with Gasteiger partial charge in [-0.25, -0.2) is 0 Å². The van der Waals surface area contributed by atoms with Gasteiger partial charge in [0.05, 0.1) is 0 Å². The molecule has 1 heteroatoms. The highest BCUT2D eigenvalue weighted by molar-refractivity contribution is 5.26. The lowest BCUT2D eigenvalue weighted by Gasteiger charge is -1.97. The first-order valence-electron chi connectivity index (χ1n) is 3.60. The molecule has 0 unspecified atom stereocenters. The van der Waals surface area contributed by atoms with E-state index in [4.69, 9.17) is 0 Å². The van der Waals surface area contributed by atoms with Gasteiger partial charge in [0, 0.05) is 6.54 Å². The first kappa shape index (κ1) is 9.92. The van der Waals surface area contributed by atoms with Gasteiger partial charge in [0.2, 0.25) is 0 Å². The summed E-state index contributed by atoms with van der Waals surface area (Å²) in [6.45, 7) is 8.08. The van der Waals surface area contributed by atoms with Gasteiger partial charge in [-0.2, -0.15) is 0 Å². The van der Waals surface area contributed by atoms with Crippen LogP contribution in [0.2, 0.25) is 0 Å². The fraction of sp³-hybridized carbons (Fsp3) is 0.200. The van der Waals surface area contributed by atoms with Gasteiger partial charge in [-0.1, -0.05) is 43.5 Å². The zero-order valence-corrected chi connectivity index (χ0v) is 7.01. The molecule has 0 aromatic rings. The quantitative estimate of drug-likeness (QED) is 0.590. The van der Waals surface area contributed by atoms with Crippen molar-refractivity contribution >= 4 is 0 Å². The average molecular weight is 149 g/mol. The standard InChI is InChI=1S/C10H15N/c1-4-6-8-10(7-5-2)9-11-3/h4-8,11H,1-2,9H2,3H3/b8-6-,10-7+. The van der Waals surface area contributed by atoms with E-state index >= 15 is 0 Å². The van der Waals surface area contributed by atoms with Crippen LogP contribution in [0.15, 0.2) is 49.1 Å². The van der Waals surface area contributed by atoms with E-state index in [0.717, 1.165) is 6.54 Å². The monoisotopic (exact) mass is 149 g/mol. The Balaban J connectivity index is 4.09. The van der Waals surface area contributed by atoms with E-state index < -0.39 is 0 Å². The van der Waals surface area contributed by atoms with Crippen LogP contribution in [0.5, 0.6) is 0 Å². The molecule has 1 nitrogen and oxygen atoms in total. The van der Waals surface area contributed by atoms with Crippen molar-refractivity contribution in [2.24, 2.45) is 0 Å². The molecule has 0 amide bonds. The molecule has 0 aromatic carbocycles. The lowest BCUT2D eigenvalue weighted by molar-refractivity contribution is 0.896. The molecule has 0 bridgehead atoms. The summed E-state index contributed by atoms with van der Waals surface area (Å²) in [4.78, 5) is 0. The van der Waals surface area contributed by atoms with Crippen molar-refractivity contribution in [1.29, 1.82) is 0 Å². The van der Waals surface area contributed by atoms with Gasteiger partial charge < -0.3 is 5.32 Å². The van der Waals surface area contributed by atoms with Crippen LogP contribution in [0.3, 0.4) is 0 Å². The Labute approximate surface area is 68.8 Å². The lowest BCUT2D eigenvalue weighted by Crippen LogP contribution is -2.08. The lowest BCUT2D eigenvalue weighted by atomic mass is 10.2. The van der Waals surface area contributed by atoms with E-state index in [0.29, 0.717) is 0 Å². The molecule has 0 saturated carbocycles. The van der Waals surface area contributed by atoms with Crippen molar-refractivity contribution in [1.82, 2.24) is 5.32 Å². The predicted octanol–water partition coefficient (Wildman–Crippen LogP) is 2.06. The summed E-state index contributed by atoms with van der Waals surface area (Å²) < 4.78 is 0. The summed E-state index contributed by atoms with van der Waals surface area (Å²) in [7, 11) is 1.92. The van der Waals surface area contributed by atoms with Crippen LogP contribution < -0.4 is 5.32 Å². The second-order valence-electron chi connectivity index (χ2n) is 2.10. The van der Waals surface area contributed by atoms with Crippen molar-refractivity contribution in [3.8, 4) is 0 Å². The number of rotatable bonds is 5. The third-order valence-electron chi connectivity index (χ3n) is 1.16. The molecule has 11 heavy (non-hydrogen) atoms. The zero-order chi connectivity index (χ0) is 8.53. The van der Waals surface area contributed by atoms with Crippen molar-refractivity contribution < 1.29 is 0 Å². The smallest absolute Gasteiger partial charge is 0.0202 e. The number of hydrogen-bond donors (Lipinski definition) is 1. The molecular weight excluding hydrogens is 134 g/mol. The van der Waals surface area contributed by atoms with Crippen LogP contribution in [-0.2, 0) is 0 Å². The molecule has 0 atom stereocenters. The minimum absolute atomic E-state index is 0.857. The molecule has 0 saturated heterocycles. The number of hydrogen-bond acceptors (Lipinski definition) is 1. The molecule has 0 fully saturated rings. The molecule has 0 aliphatic rings. The summed E-state index contributed by atoms with van der Waals surface area (Å²) >= 11 is 0.